The molecule has 3 nitrogen and oxygen atoms in total. The van der Waals surface area contributed by atoms with Crippen LogP contribution < -0.4 is 5.32 Å². The lowest BCUT2D eigenvalue weighted by atomic mass is 10.4. The maximum atomic E-state index is 4.53. The number of rotatable bonds is 6. The highest BCUT2D eigenvalue weighted by atomic mass is 32.1. The molecule has 0 radical (unpaired) electrons. The van der Waals surface area contributed by atoms with E-state index in [0.29, 0.717) is 0 Å². The van der Waals surface area contributed by atoms with Crippen molar-refractivity contribution in [3.8, 4) is 0 Å². The van der Waals surface area contributed by atoms with Crippen molar-refractivity contribution in [2.75, 3.05) is 26.7 Å². The number of hydrogen-bond acceptors (Lipinski definition) is 4. The zero-order chi connectivity index (χ0) is 11.3. The molecule has 15 heavy (non-hydrogen) atoms. The minimum Gasteiger partial charge on any atom is -0.316 e. The Kier molecular flexibility index (Phi) is 5.22. The average molecular weight is 227 g/mol. The van der Waals surface area contributed by atoms with Gasteiger partial charge in [0, 0.05) is 18.0 Å². The summed E-state index contributed by atoms with van der Waals surface area (Å²) in [4.78, 5) is 8.18. The number of hydrogen-bond donors (Lipinski definition) is 1. The van der Waals surface area contributed by atoms with E-state index in [9.17, 15) is 0 Å². The highest BCUT2D eigenvalue weighted by Crippen LogP contribution is 2.17. The molecule has 1 rings (SSSR count). The third kappa shape index (κ3) is 4.28. The first-order valence-corrected chi connectivity index (χ1v) is 6.27. The Bertz CT molecular complexity index is 277. The minimum atomic E-state index is 0.963. The summed E-state index contributed by atoms with van der Waals surface area (Å²) in [6, 6.07) is 0. The SMILES string of the molecule is CCNCCN(C)Cc1nc(C)c(C)s1. The van der Waals surface area contributed by atoms with Crippen LogP contribution in [0.3, 0.4) is 0 Å². The van der Waals surface area contributed by atoms with E-state index in [1.165, 1.54) is 15.6 Å². The van der Waals surface area contributed by atoms with Crippen LogP contribution in [-0.2, 0) is 6.54 Å². The van der Waals surface area contributed by atoms with E-state index >= 15 is 0 Å². The maximum absolute atomic E-state index is 4.53. The largest absolute Gasteiger partial charge is 0.316 e. The Morgan fingerprint density at radius 1 is 1.40 bits per heavy atom. The van der Waals surface area contributed by atoms with Crippen molar-refractivity contribution >= 4 is 11.3 Å². The van der Waals surface area contributed by atoms with Gasteiger partial charge >= 0.3 is 0 Å². The van der Waals surface area contributed by atoms with Gasteiger partial charge in [0.05, 0.1) is 12.2 Å². The second kappa shape index (κ2) is 6.20. The first-order chi connectivity index (χ1) is 7.13. The molecule has 0 saturated carbocycles. The summed E-state index contributed by atoms with van der Waals surface area (Å²) in [6.45, 7) is 10.5. The van der Waals surface area contributed by atoms with Crippen LogP contribution >= 0.6 is 11.3 Å². The molecular formula is C11H21N3S. The fraction of sp³-hybridized carbons (Fsp3) is 0.727. The predicted octanol–water partition coefficient (Wildman–Crippen LogP) is 1.80. The van der Waals surface area contributed by atoms with E-state index in [2.05, 4.69) is 43.0 Å². The molecule has 0 aliphatic heterocycles. The molecule has 1 N–H and O–H groups in total. The molecule has 0 aromatic carbocycles. The molecule has 0 bridgehead atoms. The Morgan fingerprint density at radius 3 is 2.67 bits per heavy atom. The number of aryl methyl sites for hydroxylation is 2. The Labute approximate surface area is 96.5 Å². The van der Waals surface area contributed by atoms with Gasteiger partial charge in [-0.05, 0) is 27.4 Å². The highest BCUT2D eigenvalue weighted by Gasteiger charge is 2.06. The summed E-state index contributed by atoms with van der Waals surface area (Å²) < 4.78 is 0. The molecule has 4 heteroatoms. The van der Waals surface area contributed by atoms with Crippen LogP contribution in [0, 0.1) is 13.8 Å². The summed E-state index contributed by atoms with van der Waals surface area (Å²) >= 11 is 1.81. The van der Waals surface area contributed by atoms with Crippen molar-refractivity contribution in [1.82, 2.24) is 15.2 Å². The monoisotopic (exact) mass is 227 g/mol. The smallest absolute Gasteiger partial charge is 0.107 e. The molecule has 0 spiro atoms. The molecule has 1 heterocycles. The lowest BCUT2D eigenvalue weighted by Crippen LogP contribution is -2.28. The second-order valence-electron chi connectivity index (χ2n) is 3.84. The molecule has 1 aromatic rings. The van der Waals surface area contributed by atoms with E-state index in [1.807, 2.05) is 11.3 Å². The first kappa shape index (κ1) is 12.6. The molecule has 0 saturated heterocycles. The number of nitrogens with one attached hydrogen (secondary N) is 1. The zero-order valence-corrected chi connectivity index (χ0v) is 10.9. The second-order valence-corrected chi connectivity index (χ2v) is 5.13. The van der Waals surface area contributed by atoms with Gasteiger partial charge in [-0.3, -0.25) is 4.90 Å². The van der Waals surface area contributed by atoms with Gasteiger partial charge in [0.25, 0.3) is 0 Å². The van der Waals surface area contributed by atoms with Crippen LogP contribution in [0.5, 0.6) is 0 Å². The quantitative estimate of drug-likeness (QED) is 0.751. The van der Waals surface area contributed by atoms with Gasteiger partial charge in [0.15, 0.2) is 0 Å². The van der Waals surface area contributed by atoms with Gasteiger partial charge in [0.1, 0.15) is 5.01 Å². The van der Waals surface area contributed by atoms with E-state index in [-0.39, 0.29) is 0 Å². The summed E-state index contributed by atoms with van der Waals surface area (Å²) in [5.74, 6) is 0. The minimum absolute atomic E-state index is 0.963. The zero-order valence-electron chi connectivity index (χ0n) is 10.1. The molecule has 1 aromatic heterocycles. The topological polar surface area (TPSA) is 28.2 Å². The normalized spacial score (nSPS) is 11.3. The number of aromatic nitrogens is 1. The van der Waals surface area contributed by atoms with Crippen molar-refractivity contribution in [2.45, 2.75) is 27.3 Å². The first-order valence-electron chi connectivity index (χ1n) is 5.45. The van der Waals surface area contributed by atoms with E-state index < -0.39 is 0 Å². The summed E-state index contributed by atoms with van der Waals surface area (Å²) in [5, 5.41) is 4.55. The van der Waals surface area contributed by atoms with Gasteiger partial charge in [-0.15, -0.1) is 11.3 Å². The van der Waals surface area contributed by atoms with Crippen LogP contribution in [0.2, 0.25) is 0 Å². The van der Waals surface area contributed by atoms with Crippen LogP contribution in [0.1, 0.15) is 22.5 Å². The van der Waals surface area contributed by atoms with Crippen LogP contribution in [0.4, 0.5) is 0 Å². The third-order valence-corrected chi connectivity index (χ3v) is 3.46. The van der Waals surface area contributed by atoms with Gasteiger partial charge in [-0.25, -0.2) is 4.98 Å². The highest BCUT2D eigenvalue weighted by molar-refractivity contribution is 7.11. The molecule has 0 fully saturated rings. The molecular weight excluding hydrogens is 206 g/mol. The Hall–Kier alpha value is -0.450. The van der Waals surface area contributed by atoms with Crippen molar-refractivity contribution in [1.29, 1.82) is 0 Å². The van der Waals surface area contributed by atoms with Crippen LogP contribution in [-0.4, -0.2) is 36.6 Å². The molecule has 0 unspecified atom stereocenters. The van der Waals surface area contributed by atoms with Crippen molar-refractivity contribution in [2.24, 2.45) is 0 Å². The fourth-order valence-electron chi connectivity index (χ4n) is 1.36. The summed E-state index contributed by atoms with van der Waals surface area (Å²) in [5.41, 5.74) is 1.18. The standard InChI is InChI=1S/C11H21N3S/c1-5-12-6-7-14(4)8-11-13-9(2)10(3)15-11/h12H,5-8H2,1-4H3. The fourth-order valence-corrected chi connectivity index (χ4v) is 2.38. The predicted molar refractivity (Wildman–Crippen MR) is 66.5 cm³/mol. The van der Waals surface area contributed by atoms with E-state index in [4.69, 9.17) is 0 Å². The van der Waals surface area contributed by atoms with Crippen molar-refractivity contribution in [3.05, 3.63) is 15.6 Å². The average Bonchev–Trinajstić information content (AvgIpc) is 2.46. The van der Waals surface area contributed by atoms with E-state index in [1.54, 1.807) is 0 Å². The number of likely N-dealkylation sites (N-methyl/N-ethyl adjacent to an activating group) is 2. The molecule has 0 atom stereocenters. The van der Waals surface area contributed by atoms with Gasteiger partial charge in [-0.1, -0.05) is 6.92 Å². The molecule has 0 amide bonds. The van der Waals surface area contributed by atoms with Crippen molar-refractivity contribution < 1.29 is 0 Å². The lowest BCUT2D eigenvalue weighted by Gasteiger charge is -2.14. The van der Waals surface area contributed by atoms with Gasteiger partial charge in [0.2, 0.25) is 0 Å². The van der Waals surface area contributed by atoms with Crippen LogP contribution in [0.25, 0.3) is 0 Å². The van der Waals surface area contributed by atoms with Gasteiger partial charge in [-0.2, -0.15) is 0 Å². The summed E-state index contributed by atoms with van der Waals surface area (Å²) in [7, 11) is 2.14. The summed E-state index contributed by atoms with van der Waals surface area (Å²) in [6.07, 6.45) is 0. The van der Waals surface area contributed by atoms with E-state index in [0.717, 1.165) is 26.2 Å². The number of thiazole rings is 1. The molecule has 86 valence electrons. The number of nitrogens with zero attached hydrogens (tertiary/aromatic N) is 2. The Balaban J connectivity index is 2.34. The van der Waals surface area contributed by atoms with Crippen LogP contribution in [0.15, 0.2) is 0 Å². The third-order valence-electron chi connectivity index (χ3n) is 2.40. The molecule has 0 aliphatic carbocycles. The maximum Gasteiger partial charge on any atom is 0.107 e. The molecule has 0 aliphatic rings. The van der Waals surface area contributed by atoms with Crippen molar-refractivity contribution in [3.63, 3.8) is 0 Å². The lowest BCUT2D eigenvalue weighted by molar-refractivity contribution is 0.325. The Morgan fingerprint density at radius 2 is 2.13 bits per heavy atom. The van der Waals surface area contributed by atoms with Gasteiger partial charge < -0.3 is 5.32 Å².